The monoisotopic (exact) mass is 362 g/mol. The van der Waals surface area contributed by atoms with Crippen LogP contribution < -0.4 is 10.6 Å². The number of hydrogen-bond donors (Lipinski definition) is 2. The lowest BCUT2D eigenvalue weighted by Gasteiger charge is -2.56. The first kappa shape index (κ1) is 16.3. The molecule has 138 valence electrons. The minimum Gasteiger partial charge on any atom is -0.337 e. The first-order chi connectivity index (χ1) is 13.1. The number of benzene rings is 2. The van der Waals surface area contributed by atoms with Gasteiger partial charge in [0.25, 0.3) is 5.91 Å². The van der Waals surface area contributed by atoms with Gasteiger partial charge in [0.05, 0.1) is 0 Å². The average molecular weight is 362 g/mol. The molecule has 0 radical (unpaired) electrons. The Kier molecular flexibility index (Phi) is 3.68. The minimum absolute atomic E-state index is 0.0698. The molecule has 0 aromatic heterocycles. The number of amides is 3. The van der Waals surface area contributed by atoms with Gasteiger partial charge in [-0.3, -0.25) is 4.79 Å². The highest BCUT2D eigenvalue weighted by Gasteiger charge is 2.49. The number of likely N-dealkylation sites (tertiary alicyclic amines) is 1. The van der Waals surface area contributed by atoms with Crippen molar-refractivity contribution in [1.29, 1.82) is 0 Å². The van der Waals surface area contributed by atoms with E-state index in [0.717, 1.165) is 26.2 Å². The minimum atomic E-state index is -0.118. The zero-order valence-corrected chi connectivity index (χ0v) is 15.1. The molecule has 3 aliphatic heterocycles. The fourth-order valence-electron chi connectivity index (χ4n) is 4.17. The van der Waals surface area contributed by atoms with E-state index in [1.165, 1.54) is 11.1 Å². The maximum absolute atomic E-state index is 12.5. The van der Waals surface area contributed by atoms with Crippen LogP contribution in [0.15, 0.2) is 48.5 Å². The van der Waals surface area contributed by atoms with Crippen molar-refractivity contribution in [2.75, 3.05) is 31.5 Å². The summed E-state index contributed by atoms with van der Waals surface area (Å²) in [5.41, 5.74) is 4.10. The number of anilines is 1. The molecule has 1 spiro atoms. The Labute approximate surface area is 158 Å². The molecule has 27 heavy (non-hydrogen) atoms. The van der Waals surface area contributed by atoms with Gasteiger partial charge in [0.1, 0.15) is 0 Å². The topological polar surface area (TPSA) is 64.7 Å². The van der Waals surface area contributed by atoms with Gasteiger partial charge in [-0.1, -0.05) is 24.3 Å². The Morgan fingerprint density at radius 1 is 0.889 bits per heavy atom. The van der Waals surface area contributed by atoms with Crippen LogP contribution in [0.25, 0.3) is 0 Å². The quantitative estimate of drug-likeness (QED) is 0.861. The van der Waals surface area contributed by atoms with E-state index < -0.39 is 0 Å². The molecule has 6 nitrogen and oxygen atoms in total. The zero-order chi connectivity index (χ0) is 18.4. The van der Waals surface area contributed by atoms with Gasteiger partial charge >= 0.3 is 6.03 Å². The summed E-state index contributed by atoms with van der Waals surface area (Å²) >= 11 is 0. The summed E-state index contributed by atoms with van der Waals surface area (Å²) in [4.78, 5) is 28.7. The van der Waals surface area contributed by atoms with Crippen molar-refractivity contribution < 1.29 is 9.59 Å². The van der Waals surface area contributed by atoms with Crippen LogP contribution >= 0.6 is 0 Å². The zero-order valence-electron chi connectivity index (χ0n) is 15.1. The second kappa shape index (κ2) is 6.09. The maximum atomic E-state index is 12.5. The van der Waals surface area contributed by atoms with Gasteiger partial charge in [0.2, 0.25) is 0 Å². The summed E-state index contributed by atoms with van der Waals surface area (Å²) in [5, 5.41) is 6.20. The lowest BCUT2D eigenvalue weighted by molar-refractivity contribution is -0.0248. The van der Waals surface area contributed by atoms with Crippen LogP contribution in [0.1, 0.15) is 21.5 Å². The van der Waals surface area contributed by atoms with Crippen LogP contribution in [0.2, 0.25) is 0 Å². The Bertz CT molecular complexity index is 872. The van der Waals surface area contributed by atoms with Gasteiger partial charge in [-0.2, -0.15) is 0 Å². The summed E-state index contributed by atoms with van der Waals surface area (Å²) in [6, 6.07) is 15.2. The molecule has 3 amide bonds. The lowest BCUT2D eigenvalue weighted by Crippen LogP contribution is -2.71. The molecule has 2 aromatic carbocycles. The number of hydrogen-bond acceptors (Lipinski definition) is 3. The van der Waals surface area contributed by atoms with Crippen molar-refractivity contribution in [2.45, 2.75) is 13.1 Å². The fourth-order valence-corrected chi connectivity index (χ4v) is 4.17. The highest BCUT2D eigenvalue weighted by Crippen LogP contribution is 2.35. The first-order valence-corrected chi connectivity index (χ1v) is 9.35. The second-order valence-corrected chi connectivity index (χ2v) is 7.90. The molecule has 0 saturated carbocycles. The highest BCUT2D eigenvalue weighted by atomic mass is 16.2. The Morgan fingerprint density at radius 2 is 1.52 bits per heavy atom. The summed E-state index contributed by atoms with van der Waals surface area (Å²) < 4.78 is 0. The van der Waals surface area contributed by atoms with Gasteiger partial charge in [-0.15, -0.1) is 0 Å². The van der Waals surface area contributed by atoms with Crippen molar-refractivity contribution in [3.63, 3.8) is 0 Å². The number of fused-ring (bicyclic) bond motifs is 1. The van der Waals surface area contributed by atoms with Gasteiger partial charge in [0, 0.05) is 55.9 Å². The smallest absolute Gasteiger partial charge is 0.322 e. The molecule has 2 fully saturated rings. The molecule has 0 unspecified atom stereocenters. The normalized spacial score (nSPS) is 19.3. The molecule has 2 saturated heterocycles. The van der Waals surface area contributed by atoms with Crippen LogP contribution in [0.3, 0.4) is 0 Å². The predicted molar refractivity (Wildman–Crippen MR) is 102 cm³/mol. The molecule has 2 N–H and O–H groups in total. The van der Waals surface area contributed by atoms with E-state index in [-0.39, 0.29) is 11.9 Å². The second-order valence-electron chi connectivity index (χ2n) is 7.90. The Morgan fingerprint density at radius 3 is 2.07 bits per heavy atom. The van der Waals surface area contributed by atoms with E-state index in [1.54, 1.807) is 29.2 Å². The summed E-state index contributed by atoms with van der Waals surface area (Å²) in [6.07, 6.45) is 0. The largest absolute Gasteiger partial charge is 0.337 e. The number of carbonyl (C=O) groups excluding carboxylic acids is 2. The lowest BCUT2D eigenvalue weighted by atomic mass is 9.74. The molecular formula is C21H22N4O2. The molecular weight excluding hydrogens is 340 g/mol. The third-order valence-electron chi connectivity index (χ3n) is 5.85. The third-order valence-corrected chi connectivity index (χ3v) is 5.85. The van der Waals surface area contributed by atoms with E-state index in [1.807, 2.05) is 17.0 Å². The van der Waals surface area contributed by atoms with Crippen molar-refractivity contribution in [3.8, 4) is 0 Å². The standard InChI is InChI=1S/C21H22N4O2/c26-19(25-13-21(14-25)11-22-12-21)15-5-7-18(8-6-15)23-20(27)24-9-16-3-1-2-4-17(16)10-24/h1-8,22H,9-14H2,(H,23,27). The predicted octanol–water partition coefficient (Wildman–Crippen LogP) is 2.28. The molecule has 3 heterocycles. The van der Waals surface area contributed by atoms with E-state index in [9.17, 15) is 9.59 Å². The molecule has 0 atom stereocenters. The number of carbonyl (C=O) groups is 2. The van der Waals surface area contributed by atoms with Crippen LogP contribution in [-0.4, -0.2) is 47.9 Å². The van der Waals surface area contributed by atoms with Gasteiger partial charge in [0.15, 0.2) is 0 Å². The molecule has 3 aliphatic rings. The van der Waals surface area contributed by atoms with Gasteiger partial charge in [-0.05, 0) is 35.4 Å². The van der Waals surface area contributed by atoms with E-state index in [2.05, 4.69) is 22.8 Å². The summed E-state index contributed by atoms with van der Waals surface area (Å²) in [5.74, 6) is 0.0698. The fraction of sp³-hybridized carbons (Fsp3) is 0.333. The van der Waals surface area contributed by atoms with E-state index in [0.29, 0.717) is 29.8 Å². The Hall–Kier alpha value is -2.86. The molecule has 0 bridgehead atoms. The molecule has 0 aliphatic carbocycles. The number of urea groups is 1. The van der Waals surface area contributed by atoms with Crippen molar-refractivity contribution in [1.82, 2.24) is 15.1 Å². The molecule has 5 rings (SSSR count). The third kappa shape index (κ3) is 2.86. The van der Waals surface area contributed by atoms with Crippen LogP contribution in [0.4, 0.5) is 10.5 Å². The number of nitrogens with zero attached hydrogens (tertiary/aromatic N) is 2. The number of rotatable bonds is 2. The molecule has 6 heteroatoms. The van der Waals surface area contributed by atoms with Crippen molar-refractivity contribution >= 4 is 17.6 Å². The van der Waals surface area contributed by atoms with Gasteiger partial charge < -0.3 is 20.4 Å². The SMILES string of the molecule is O=C(Nc1ccc(C(=O)N2CC3(CNC3)C2)cc1)N1Cc2ccccc2C1. The van der Waals surface area contributed by atoms with E-state index in [4.69, 9.17) is 0 Å². The van der Waals surface area contributed by atoms with Gasteiger partial charge in [-0.25, -0.2) is 4.79 Å². The molecule has 2 aromatic rings. The summed E-state index contributed by atoms with van der Waals surface area (Å²) in [6.45, 7) is 4.97. The first-order valence-electron chi connectivity index (χ1n) is 9.35. The van der Waals surface area contributed by atoms with Crippen molar-refractivity contribution in [3.05, 3.63) is 65.2 Å². The summed E-state index contributed by atoms with van der Waals surface area (Å²) in [7, 11) is 0. The maximum Gasteiger partial charge on any atom is 0.322 e. The highest BCUT2D eigenvalue weighted by molar-refractivity contribution is 5.96. The number of nitrogens with one attached hydrogen (secondary N) is 2. The van der Waals surface area contributed by atoms with Crippen molar-refractivity contribution in [2.24, 2.45) is 5.41 Å². The van der Waals surface area contributed by atoms with Crippen LogP contribution in [0, 0.1) is 5.41 Å². The van der Waals surface area contributed by atoms with Crippen LogP contribution in [-0.2, 0) is 13.1 Å². The Balaban J connectivity index is 1.19. The van der Waals surface area contributed by atoms with Crippen LogP contribution in [0.5, 0.6) is 0 Å². The van der Waals surface area contributed by atoms with E-state index >= 15 is 0 Å². The average Bonchev–Trinajstić information content (AvgIpc) is 3.04.